The summed E-state index contributed by atoms with van der Waals surface area (Å²) < 4.78 is 59.2. The van der Waals surface area contributed by atoms with Crippen LogP contribution in [-0.4, -0.2) is 38.8 Å². The van der Waals surface area contributed by atoms with Gasteiger partial charge in [0.05, 0.1) is 22.8 Å². The molecule has 0 spiro atoms. The summed E-state index contributed by atoms with van der Waals surface area (Å²) in [5.41, 5.74) is 5.92. The second kappa shape index (κ2) is 16.7. The molecule has 4 aromatic rings. The average molecular weight is 714 g/mol. The minimum Gasteiger partial charge on any atom is 2.00 e. The molecule has 2 aromatic carbocycles. The van der Waals surface area contributed by atoms with Crippen LogP contribution in [0.15, 0.2) is 130 Å². The molecule has 4 rings (SSSR count). The van der Waals surface area contributed by atoms with Crippen molar-refractivity contribution in [1.82, 2.24) is 9.97 Å². The first-order chi connectivity index (χ1) is 20.9. The van der Waals surface area contributed by atoms with Crippen molar-refractivity contribution in [3.8, 4) is 0 Å². The Balaban J connectivity index is 0.000000761. The van der Waals surface area contributed by atoms with E-state index < -0.39 is 13.8 Å². The minimum atomic E-state index is -10.7. The molecular weight excluding hydrogens is 687 g/mol. The summed E-state index contributed by atoms with van der Waals surface area (Å²) in [5, 5.41) is 27.2. The number of halogens is 6. The molecule has 0 aliphatic carbocycles. The van der Waals surface area contributed by atoms with Crippen LogP contribution in [0.3, 0.4) is 0 Å². The normalized spacial score (nSPS) is 13.8. The minimum absolute atomic E-state index is 0. The number of carbonyl (C=O) groups excluding carboxylic acids is 1. The van der Waals surface area contributed by atoms with Crippen molar-refractivity contribution in [2.45, 2.75) is 20.8 Å². The van der Waals surface area contributed by atoms with Crippen LogP contribution in [0.2, 0.25) is 0 Å². The number of hydrogen-bond donors (Lipinski definition) is 0. The van der Waals surface area contributed by atoms with E-state index in [1.165, 1.54) is 0 Å². The van der Waals surface area contributed by atoms with E-state index in [4.69, 9.17) is 9.90 Å². The van der Waals surface area contributed by atoms with Crippen LogP contribution in [-0.2, 0) is 24.3 Å². The van der Waals surface area contributed by atoms with Gasteiger partial charge in [-0.05, 0) is 45.0 Å². The maximum Gasteiger partial charge on any atom is 2.00 e. The van der Waals surface area contributed by atoms with Gasteiger partial charge in [-0.25, -0.2) is 0 Å². The van der Waals surface area contributed by atoms with Crippen molar-refractivity contribution in [3.63, 3.8) is 0 Å². The summed E-state index contributed by atoms with van der Waals surface area (Å²) in [5.74, 6) is -1.08. The van der Waals surface area contributed by atoms with Gasteiger partial charge in [-0.2, -0.15) is 10.2 Å². The van der Waals surface area contributed by atoms with Gasteiger partial charge < -0.3 is 9.90 Å². The Morgan fingerprint density at radius 1 is 0.565 bits per heavy atom. The molecule has 0 amide bonds. The van der Waals surface area contributed by atoms with Crippen LogP contribution in [0.1, 0.15) is 43.3 Å². The van der Waals surface area contributed by atoms with Crippen LogP contribution in [0.25, 0.3) is 0 Å². The van der Waals surface area contributed by atoms with Gasteiger partial charge in [-0.15, -0.1) is 10.2 Å². The Kier molecular flexibility index (Phi) is 14.4. The van der Waals surface area contributed by atoms with Crippen LogP contribution in [0, 0.1) is 0 Å². The molecule has 0 N–H and O–H groups in total. The monoisotopic (exact) mass is 712 g/mol. The van der Waals surface area contributed by atoms with Gasteiger partial charge in [0.1, 0.15) is 11.4 Å². The molecule has 0 atom stereocenters. The maximum absolute atomic E-state index is 10.7. The second-order valence-corrected chi connectivity index (χ2v) is 10.8. The van der Waals surface area contributed by atoms with Gasteiger partial charge in [0.25, 0.3) is 0 Å². The molecule has 238 valence electrons. The Hall–Kier alpha value is -4.48. The molecule has 0 saturated carbocycles. The molecule has 8 nitrogen and oxygen atoms in total. The molecule has 0 saturated heterocycles. The van der Waals surface area contributed by atoms with E-state index in [0.29, 0.717) is 22.8 Å². The van der Waals surface area contributed by atoms with Gasteiger partial charge in [-0.1, -0.05) is 72.8 Å². The van der Waals surface area contributed by atoms with E-state index in [0.717, 1.165) is 29.4 Å². The molecule has 2 heterocycles. The molecule has 0 bridgehead atoms. The number of aromatic nitrogens is 2. The molecular formula is C30H27F6N6O2PZn. The molecule has 2 aromatic heterocycles. The van der Waals surface area contributed by atoms with Crippen LogP contribution in [0.5, 0.6) is 0 Å². The van der Waals surface area contributed by atoms with E-state index >= 15 is 0 Å². The first-order valence-corrected chi connectivity index (χ1v) is 14.9. The maximum atomic E-state index is 9.87. The van der Waals surface area contributed by atoms with E-state index in [2.05, 4.69) is 30.4 Å². The fourth-order valence-corrected chi connectivity index (χ4v) is 3.18. The topological polar surface area (TPSA) is 115 Å². The third-order valence-corrected chi connectivity index (χ3v) is 4.99. The van der Waals surface area contributed by atoms with Crippen LogP contribution < -0.4 is 5.11 Å². The standard InChI is InChI=1S/C28H24N6.C2H4O2.F6P.Zn/c1-21(25-17-9-11-19-29-25)31-33-27(23-13-5-3-6-14-23)28(24-15-7-4-8-16-24)34-32-22(2)26-18-10-12-20-30-26;1-2(3)4;1-7(2,3,4,5)6;/h3-20H,1-2H3;1H3,(H,3,4);;/q;;-1;+2/p-1/b31-21+,32-22+,33-27-,34-28-;;;. The smallest absolute Gasteiger partial charge is 2.00 e. The SMILES string of the molecule is CC(=O)[O-].C\C(=N/N=C(\C(=N/N=C(\C)c1ccccn1)c1ccccc1)c1ccccc1)c1ccccn1.F[P-](F)(F)(F)(F)F.[Zn+2]. The van der Waals surface area contributed by atoms with Crippen LogP contribution in [0.4, 0.5) is 25.2 Å². The summed E-state index contributed by atoms with van der Waals surface area (Å²) in [6.45, 7) is 4.74. The molecule has 0 aliphatic heterocycles. The number of hydrogen-bond acceptors (Lipinski definition) is 8. The molecule has 0 aliphatic rings. The number of rotatable bonds is 7. The van der Waals surface area contributed by atoms with Crippen molar-refractivity contribution in [3.05, 3.63) is 132 Å². The average Bonchev–Trinajstić information content (AvgIpc) is 2.98. The zero-order valence-corrected chi connectivity index (χ0v) is 28.7. The molecule has 0 unspecified atom stereocenters. The number of aliphatic carboxylic acids is 1. The number of nitrogens with zero attached hydrogens (tertiary/aromatic N) is 6. The quantitative estimate of drug-likeness (QED) is 0.0641. The van der Waals surface area contributed by atoms with E-state index in [1.54, 1.807) is 12.4 Å². The number of carbonyl (C=O) groups is 1. The Morgan fingerprint density at radius 3 is 1.11 bits per heavy atom. The third-order valence-electron chi connectivity index (χ3n) is 4.99. The van der Waals surface area contributed by atoms with Crippen molar-refractivity contribution < 1.29 is 54.6 Å². The van der Waals surface area contributed by atoms with Gasteiger partial charge in [0.2, 0.25) is 0 Å². The molecule has 0 fully saturated rings. The van der Waals surface area contributed by atoms with Gasteiger partial charge in [0, 0.05) is 29.5 Å². The predicted octanol–water partition coefficient (Wildman–Crippen LogP) is 7.74. The number of carboxylic acid groups (broad SMARTS) is 1. The molecule has 46 heavy (non-hydrogen) atoms. The van der Waals surface area contributed by atoms with Crippen molar-refractivity contribution in [2.75, 3.05) is 0 Å². The summed E-state index contributed by atoms with van der Waals surface area (Å²) in [7, 11) is -10.7. The first-order valence-electron chi connectivity index (χ1n) is 12.8. The zero-order chi connectivity index (χ0) is 33.6. The Morgan fingerprint density at radius 2 is 0.848 bits per heavy atom. The van der Waals surface area contributed by atoms with Crippen molar-refractivity contribution in [2.24, 2.45) is 20.4 Å². The van der Waals surface area contributed by atoms with Gasteiger partial charge in [0.15, 0.2) is 0 Å². The first kappa shape index (κ1) is 39.5. The Bertz CT molecular complexity index is 1550. The fraction of sp³-hybridized carbons (Fsp3) is 0.100. The third kappa shape index (κ3) is 17.7. The van der Waals surface area contributed by atoms with Gasteiger partial charge >= 0.3 is 52.5 Å². The molecule has 16 heteroatoms. The number of benzene rings is 2. The number of carboxylic acids is 1. The van der Waals surface area contributed by atoms with E-state index in [-0.39, 0.29) is 19.5 Å². The summed E-state index contributed by atoms with van der Waals surface area (Å²) in [6, 6.07) is 31.1. The van der Waals surface area contributed by atoms with E-state index in [1.807, 2.05) is 111 Å². The number of pyridine rings is 2. The fourth-order valence-electron chi connectivity index (χ4n) is 3.18. The largest absolute Gasteiger partial charge is 2.00 e. The van der Waals surface area contributed by atoms with Crippen molar-refractivity contribution in [1.29, 1.82) is 0 Å². The van der Waals surface area contributed by atoms with Gasteiger partial charge in [-0.3, -0.25) is 9.97 Å². The Labute approximate surface area is 273 Å². The van der Waals surface area contributed by atoms with Crippen LogP contribution >= 0.6 is 7.81 Å². The zero-order valence-electron chi connectivity index (χ0n) is 24.8. The molecule has 0 radical (unpaired) electrons. The summed E-state index contributed by atoms with van der Waals surface area (Å²) >= 11 is 0. The van der Waals surface area contributed by atoms with E-state index in [9.17, 15) is 25.2 Å². The summed E-state index contributed by atoms with van der Waals surface area (Å²) in [6.07, 6.45) is 3.48. The summed E-state index contributed by atoms with van der Waals surface area (Å²) in [4.78, 5) is 17.6. The van der Waals surface area contributed by atoms with Crippen molar-refractivity contribution >= 4 is 36.6 Å². The second-order valence-electron chi connectivity index (χ2n) is 8.88. The predicted molar refractivity (Wildman–Crippen MR) is 163 cm³/mol.